The van der Waals surface area contributed by atoms with Crippen molar-refractivity contribution in [2.75, 3.05) is 26.3 Å². The third kappa shape index (κ3) is 3.34. The minimum atomic E-state index is 0.544. The molecule has 0 aliphatic carbocycles. The van der Waals surface area contributed by atoms with E-state index in [0.29, 0.717) is 6.04 Å². The minimum absolute atomic E-state index is 0.544. The Bertz CT molecular complexity index is 379. The van der Waals surface area contributed by atoms with Gasteiger partial charge in [0.15, 0.2) is 0 Å². The quantitative estimate of drug-likeness (QED) is 0.900. The van der Waals surface area contributed by atoms with Gasteiger partial charge in [-0.3, -0.25) is 0 Å². The molecule has 1 aromatic heterocycles. The Morgan fingerprint density at radius 3 is 3.00 bits per heavy atom. The number of nitrogens with one attached hydrogen (secondary N) is 1. The average Bonchev–Trinajstić information content (AvgIpc) is 2.75. The van der Waals surface area contributed by atoms with Gasteiger partial charge in [0, 0.05) is 25.7 Å². The van der Waals surface area contributed by atoms with Crippen molar-refractivity contribution < 1.29 is 4.74 Å². The topological polar surface area (TPSA) is 52.0 Å². The first-order valence-corrected chi connectivity index (χ1v) is 7.60. The fourth-order valence-electron chi connectivity index (χ4n) is 3.23. The lowest BCUT2D eigenvalue weighted by molar-refractivity contribution is 0.0685. The number of hydrogen-bond acceptors (Lipinski definition) is 4. The zero-order chi connectivity index (χ0) is 12.9. The highest BCUT2D eigenvalue weighted by molar-refractivity contribution is 4.93. The standard InChI is InChI=1S/C14H24N4O/c1-2-12(3-7-15-6-1)10-14-17-16-11-18(14)13-4-8-19-9-5-13/h11-13,15H,1-10H2. The predicted molar refractivity (Wildman–Crippen MR) is 73.0 cm³/mol. The maximum atomic E-state index is 5.44. The smallest absolute Gasteiger partial charge is 0.133 e. The SMILES string of the molecule is c1nnc(CC2CCCNCC2)n1C1CCOCC1. The van der Waals surface area contributed by atoms with Gasteiger partial charge in [-0.25, -0.2) is 0 Å². The lowest BCUT2D eigenvalue weighted by Crippen LogP contribution is -2.22. The summed E-state index contributed by atoms with van der Waals surface area (Å²) in [5, 5.41) is 12.0. The molecule has 0 bridgehead atoms. The van der Waals surface area contributed by atoms with Crippen LogP contribution in [0.3, 0.4) is 0 Å². The van der Waals surface area contributed by atoms with Crippen LogP contribution in [0.2, 0.25) is 0 Å². The van der Waals surface area contributed by atoms with Gasteiger partial charge in [0.2, 0.25) is 0 Å². The molecule has 2 fully saturated rings. The van der Waals surface area contributed by atoms with Crippen molar-refractivity contribution in [3.8, 4) is 0 Å². The van der Waals surface area contributed by atoms with Crippen LogP contribution < -0.4 is 5.32 Å². The highest BCUT2D eigenvalue weighted by atomic mass is 16.5. The molecule has 5 nitrogen and oxygen atoms in total. The predicted octanol–water partition coefficient (Wildman–Crippen LogP) is 1.56. The van der Waals surface area contributed by atoms with Crippen molar-refractivity contribution >= 4 is 0 Å². The van der Waals surface area contributed by atoms with E-state index in [1.165, 1.54) is 31.6 Å². The summed E-state index contributed by atoms with van der Waals surface area (Å²) in [4.78, 5) is 0. The normalized spacial score (nSPS) is 26.2. The fourth-order valence-corrected chi connectivity index (χ4v) is 3.23. The molecule has 3 rings (SSSR count). The van der Waals surface area contributed by atoms with Crippen LogP contribution in [0.15, 0.2) is 6.33 Å². The summed E-state index contributed by atoms with van der Waals surface area (Å²) >= 11 is 0. The molecule has 1 N–H and O–H groups in total. The molecule has 2 aliphatic heterocycles. The number of aromatic nitrogens is 3. The van der Waals surface area contributed by atoms with Gasteiger partial charge in [-0.2, -0.15) is 0 Å². The third-order valence-electron chi connectivity index (χ3n) is 4.40. The molecule has 1 unspecified atom stereocenters. The molecule has 0 amide bonds. The molecular formula is C14H24N4O. The molecule has 1 aromatic rings. The molecule has 2 aliphatic rings. The second-order valence-corrected chi connectivity index (χ2v) is 5.75. The van der Waals surface area contributed by atoms with Gasteiger partial charge in [0.1, 0.15) is 12.2 Å². The van der Waals surface area contributed by atoms with Crippen molar-refractivity contribution in [3.05, 3.63) is 12.2 Å². The van der Waals surface area contributed by atoms with E-state index < -0.39 is 0 Å². The van der Waals surface area contributed by atoms with Crippen LogP contribution in [-0.4, -0.2) is 41.1 Å². The maximum Gasteiger partial charge on any atom is 0.133 e. The van der Waals surface area contributed by atoms with Gasteiger partial charge in [0.05, 0.1) is 0 Å². The van der Waals surface area contributed by atoms with Crippen LogP contribution in [0.25, 0.3) is 0 Å². The van der Waals surface area contributed by atoms with Crippen molar-refractivity contribution in [1.29, 1.82) is 0 Å². The van der Waals surface area contributed by atoms with E-state index in [2.05, 4.69) is 20.1 Å². The molecule has 0 spiro atoms. The van der Waals surface area contributed by atoms with Crippen LogP contribution >= 0.6 is 0 Å². The molecule has 0 radical (unpaired) electrons. The number of hydrogen-bond donors (Lipinski definition) is 1. The largest absolute Gasteiger partial charge is 0.381 e. The summed E-state index contributed by atoms with van der Waals surface area (Å²) in [5.74, 6) is 1.94. The zero-order valence-electron chi connectivity index (χ0n) is 11.6. The summed E-state index contributed by atoms with van der Waals surface area (Å²) in [6.45, 7) is 4.06. The van der Waals surface area contributed by atoms with E-state index >= 15 is 0 Å². The second-order valence-electron chi connectivity index (χ2n) is 5.75. The van der Waals surface area contributed by atoms with Crippen LogP contribution in [0.5, 0.6) is 0 Å². The molecule has 106 valence electrons. The lowest BCUT2D eigenvalue weighted by atomic mass is 9.96. The van der Waals surface area contributed by atoms with E-state index in [-0.39, 0.29) is 0 Å². The summed E-state index contributed by atoms with van der Waals surface area (Å²) in [5.41, 5.74) is 0. The van der Waals surface area contributed by atoms with Gasteiger partial charge < -0.3 is 14.6 Å². The molecule has 0 aromatic carbocycles. The monoisotopic (exact) mass is 264 g/mol. The zero-order valence-corrected chi connectivity index (χ0v) is 11.6. The second kappa shape index (κ2) is 6.48. The Kier molecular flexibility index (Phi) is 4.45. The number of ether oxygens (including phenoxy) is 1. The van der Waals surface area contributed by atoms with Gasteiger partial charge >= 0.3 is 0 Å². The third-order valence-corrected chi connectivity index (χ3v) is 4.40. The first-order valence-electron chi connectivity index (χ1n) is 7.60. The molecule has 19 heavy (non-hydrogen) atoms. The van der Waals surface area contributed by atoms with Gasteiger partial charge in [-0.1, -0.05) is 0 Å². The summed E-state index contributed by atoms with van der Waals surface area (Å²) < 4.78 is 7.75. The van der Waals surface area contributed by atoms with E-state index in [1.807, 2.05) is 6.33 Å². The molecule has 5 heteroatoms. The van der Waals surface area contributed by atoms with Crippen LogP contribution in [0.1, 0.15) is 44.0 Å². The van der Waals surface area contributed by atoms with Crippen LogP contribution in [0.4, 0.5) is 0 Å². The van der Waals surface area contributed by atoms with Crippen molar-refractivity contribution in [2.24, 2.45) is 5.92 Å². The molecule has 2 saturated heterocycles. The first kappa shape index (κ1) is 13.1. The van der Waals surface area contributed by atoms with Crippen molar-refractivity contribution in [1.82, 2.24) is 20.1 Å². The summed E-state index contributed by atoms with van der Waals surface area (Å²) in [6.07, 6.45) is 9.05. The number of rotatable bonds is 3. The molecule has 0 saturated carbocycles. The molecular weight excluding hydrogens is 240 g/mol. The van der Waals surface area contributed by atoms with Gasteiger partial charge in [0.25, 0.3) is 0 Å². The van der Waals surface area contributed by atoms with Crippen LogP contribution in [0, 0.1) is 5.92 Å². The van der Waals surface area contributed by atoms with Gasteiger partial charge in [-0.15, -0.1) is 10.2 Å². The Balaban J connectivity index is 1.65. The van der Waals surface area contributed by atoms with Gasteiger partial charge in [-0.05, 0) is 51.1 Å². The Morgan fingerprint density at radius 2 is 2.11 bits per heavy atom. The highest BCUT2D eigenvalue weighted by Gasteiger charge is 2.21. The van der Waals surface area contributed by atoms with Crippen LogP contribution in [-0.2, 0) is 11.2 Å². The highest BCUT2D eigenvalue weighted by Crippen LogP contribution is 2.24. The average molecular weight is 264 g/mol. The Labute approximate surface area is 114 Å². The van der Waals surface area contributed by atoms with E-state index in [4.69, 9.17) is 4.74 Å². The maximum absolute atomic E-state index is 5.44. The fraction of sp³-hybridized carbons (Fsp3) is 0.857. The molecule has 3 heterocycles. The summed E-state index contributed by atoms with van der Waals surface area (Å²) in [6, 6.07) is 0.544. The van der Waals surface area contributed by atoms with Crippen molar-refractivity contribution in [3.63, 3.8) is 0 Å². The van der Waals surface area contributed by atoms with Crippen molar-refractivity contribution in [2.45, 2.75) is 44.6 Å². The Morgan fingerprint density at radius 1 is 1.21 bits per heavy atom. The molecule has 1 atom stereocenters. The minimum Gasteiger partial charge on any atom is -0.381 e. The summed E-state index contributed by atoms with van der Waals surface area (Å²) in [7, 11) is 0. The lowest BCUT2D eigenvalue weighted by Gasteiger charge is -2.25. The Hall–Kier alpha value is -0.940. The number of nitrogens with zero attached hydrogens (tertiary/aromatic N) is 3. The van der Waals surface area contributed by atoms with E-state index in [1.54, 1.807) is 0 Å². The van der Waals surface area contributed by atoms with E-state index in [9.17, 15) is 0 Å². The first-order chi connectivity index (χ1) is 9.43. The van der Waals surface area contributed by atoms with E-state index in [0.717, 1.165) is 44.9 Å².